The summed E-state index contributed by atoms with van der Waals surface area (Å²) in [6.45, 7) is 14.5. The molecule has 1 saturated heterocycles. The number of nitrogens with zero attached hydrogens (tertiary/aromatic N) is 3. The number of aliphatic hydroxyl groups is 2. The van der Waals surface area contributed by atoms with Gasteiger partial charge in [0.1, 0.15) is 0 Å². The molecule has 0 aliphatic carbocycles. The van der Waals surface area contributed by atoms with Crippen LogP contribution >= 0.6 is 0 Å². The smallest absolute Gasteiger partial charge is 0.0989 e. The van der Waals surface area contributed by atoms with Gasteiger partial charge in [-0.05, 0) is 34.6 Å². The standard InChI is InChI=1S/C13H29N3O2/c1-12(2,3)14-6-8-15(9-7-14)13(4,5)16(10-17)11-18/h17-18H,6-11H2,1-5H3. The third-order valence-corrected chi connectivity index (χ3v) is 4.12. The van der Waals surface area contributed by atoms with Crippen LogP contribution in [0.2, 0.25) is 0 Å². The molecule has 108 valence electrons. The van der Waals surface area contributed by atoms with Gasteiger partial charge in [0.05, 0.1) is 19.1 Å². The van der Waals surface area contributed by atoms with Crippen LogP contribution in [0.5, 0.6) is 0 Å². The van der Waals surface area contributed by atoms with E-state index in [1.165, 1.54) is 0 Å². The highest BCUT2D eigenvalue weighted by atomic mass is 16.3. The molecule has 1 rings (SSSR count). The van der Waals surface area contributed by atoms with Crippen LogP contribution in [0.25, 0.3) is 0 Å². The molecule has 1 aliphatic heterocycles. The molecular weight excluding hydrogens is 230 g/mol. The minimum absolute atomic E-state index is 0.122. The van der Waals surface area contributed by atoms with Gasteiger partial charge < -0.3 is 10.2 Å². The number of rotatable bonds is 4. The summed E-state index contributed by atoms with van der Waals surface area (Å²) in [5.41, 5.74) is -0.0998. The Hall–Kier alpha value is -0.200. The van der Waals surface area contributed by atoms with Crippen molar-refractivity contribution in [2.75, 3.05) is 39.6 Å². The lowest BCUT2D eigenvalue weighted by atomic mass is 10.0. The molecule has 1 heterocycles. The summed E-state index contributed by atoms with van der Waals surface area (Å²) in [7, 11) is 0. The highest BCUT2D eigenvalue weighted by Gasteiger charge is 2.36. The van der Waals surface area contributed by atoms with Gasteiger partial charge in [-0.15, -0.1) is 0 Å². The van der Waals surface area contributed by atoms with Crippen LogP contribution in [0.15, 0.2) is 0 Å². The molecule has 18 heavy (non-hydrogen) atoms. The molecule has 5 nitrogen and oxygen atoms in total. The first-order valence-corrected chi connectivity index (χ1v) is 6.70. The van der Waals surface area contributed by atoms with Gasteiger partial charge in [-0.3, -0.25) is 9.80 Å². The molecular formula is C13H29N3O2. The van der Waals surface area contributed by atoms with E-state index in [4.69, 9.17) is 0 Å². The van der Waals surface area contributed by atoms with Gasteiger partial charge in [0.15, 0.2) is 0 Å². The third-order valence-electron chi connectivity index (χ3n) is 4.12. The minimum atomic E-state index is -0.312. The van der Waals surface area contributed by atoms with Gasteiger partial charge in [0, 0.05) is 31.7 Å². The van der Waals surface area contributed by atoms with Crippen molar-refractivity contribution in [1.29, 1.82) is 0 Å². The minimum Gasteiger partial charge on any atom is -0.381 e. The summed E-state index contributed by atoms with van der Waals surface area (Å²) in [6, 6.07) is 0. The fourth-order valence-electron chi connectivity index (χ4n) is 2.52. The molecule has 0 aromatic carbocycles. The average molecular weight is 259 g/mol. The second-order valence-electron chi connectivity index (χ2n) is 6.46. The van der Waals surface area contributed by atoms with Crippen molar-refractivity contribution in [2.45, 2.75) is 45.8 Å². The van der Waals surface area contributed by atoms with E-state index in [9.17, 15) is 10.2 Å². The molecule has 1 aliphatic rings. The first-order valence-electron chi connectivity index (χ1n) is 6.70. The molecule has 0 aromatic rings. The molecule has 5 heteroatoms. The Labute approximate surface area is 111 Å². The van der Waals surface area contributed by atoms with Gasteiger partial charge >= 0.3 is 0 Å². The largest absolute Gasteiger partial charge is 0.381 e. The summed E-state index contributed by atoms with van der Waals surface area (Å²) in [5, 5.41) is 18.6. The fraction of sp³-hybridized carbons (Fsp3) is 1.00. The van der Waals surface area contributed by atoms with E-state index < -0.39 is 0 Å². The Morgan fingerprint density at radius 1 is 0.833 bits per heavy atom. The quantitative estimate of drug-likeness (QED) is 0.713. The van der Waals surface area contributed by atoms with Crippen LogP contribution in [0, 0.1) is 0 Å². The van der Waals surface area contributed by atoms with Crippen molar-refractivity contribution in [3.8, 4) is 0 Å². The van der Waals surface area contributed by atoms with E-state index in [0.717, 1.165) is 26.2 Å². The Kier molecular flexibility index (Phi) is 5.14. The third kappa shape index (κ3) is 3.42. The molecule has 0 atom stereocenters. The Balaban J connectivity index is 2.62. The maximum absolute atomic E-state index is 9.30. The molecule has 0 bridgehead atoms. The van der Waals surface area contributed by atoms with Crippen LogP contribution in [0.3, 0.4) is 0 Å². The van der Waals surface area contributed by atoms with Crippen molar-refractivity contribution in [2.24, 2.45) is 0 Å². The lowest BCUT2D eigenvalue weighted by molar-refractivity contribution is -0.126. The summed E-state index contributed by atoms with van der Waals surface area (Å²) < 4.78 is 0. The Morgan fingerprint density at radius 3 is 1.56 bits per heavy atom. The molecule has 1 fully saturated rings. The molecule has 0 amide bonds. The van der Waals surface area contributed by atoms with Crippen molar-refractivity contribution < 1.29 is 10.2 Å². The summed E-state index contributed by atoms with van der Waals surface area (Å²) in [4.78, 5) is 6.46. The van der Waals surface area contributed by atoms with Gasteiger partial charge in [0.25, 0.3) is 0 Å². The van der Waals surface area contributed by atoms with Gasteiger partial charge in [-0.1, -0.05) is 0 Å². The number of hydrogen-bond acceptors (Lipinski definition) is 5. The van der Waals surface area contributed by atoms with Crippen LogP contribution < -0.4 is 0 Å². The van der Waals surface area contributed by atoms with Crippen molar-refractivity contribution in [1.82, 2.24) is 14.7 Å². The lowest BCUT2D eigenvalue weighted by Gasteiger charge is -2.50. The molecule has 0 spiro atoms. The highest BCUT2D eigenvalue weighted by molar-refractivity contribution is 4.88. The number of piperazine rings is 1. The van der Waals surface area contributed by atoms with Crippen molar-refractivity contribution in [3.05, 3.63) is 0 Å². The number of aliphatic hydroxyl groups excluding tert-OH is 2. The second kappa shape index (κ2) is 5.84. The summed E-state index contributed by atoms with van der Waals surface area (Å²) in [6.07, 6.45) is 0. The molecule has 0 unspecified atom stereocenters. The van der Waals surface area contributed by atoms with Crippen LogP contribution in [0.4, 0.5) is 0 Å². The lowest BCUT2D eigenvalue weighted by Crippen LogP contribution is -2.63. The van der Waals surface area contributed by atoms with E-state index in [0.29, 0.717) is 0 Å². The zero-order chi connectivity index (χ0) is 14.0. The highest BCUT2D eigenvalue weighted by Crippen LogP contribution is 2.23. The SMILES string of the molecule is CC(C)(C)N1CCN(C(C)(C)N(CO)CO)CC1. The maximum atomic E-state index is 9.30. The Bertz CT molecular complexity index is 251. The summed E-state index contributed by atoms with van der Waals surface area (Å²) in [5.74, 6) is 0. The van der Waals surface area contributed by atoms with E-state index in [-0.39, 0.29) is 24.7 Å². The monoisotopic (exact) mass is 259 g/mol. The van der Waals surface area contributed by atoms with E-state index in [1.54, 1.807) is 4.90 Å². The zero-order valence-corrected chi connectivity index (χ0v) is 12.5. The van der Waals surface area contributed by atoms with Crippen molar-refractivity contribution in [3.63, 3.8) is 0 Å². The van der Waals surface area contributed by atoms with E-state index in [1.807, 2.05) is 13.8 Å². The molecule has 0 radical (unpaired) electrons. The normalized spacial score (nSPS) is 20.7. The maximum Gasteiger partial charge on any atom is 0.0989 e. The van der Waals surface area contributed by atoms with Gasteiger partial charge in [-0.25, -0.2) is 4.90 Å². The molecule has 2 N–H and O–H groups in total. The van der Waals surface area contributed by atoms with E-state index in [2.05, 4.69) is 30.6 Å². The number of hydrogen-bond donors (Lipinski definition) is 2. The fourth-order valence-corrected chi connectivity index (χ4v) is 2.52. The van der Waals surface area contributed by atoms with Gasteiger partial charge in [0.2, 0.25) is 0 Å². The van der Waals surface area contributed by atoms with Crippen molar-refractivity contribution >= 4 is 0 Å². The molecule has 0 aromatic heterocycles. The zero-order valence-electron chi connectivity index (χ0n) is 12.5. The van der Waals surface area contributed by atoms with E-state index >= 15 is 0 Å². The first kappa shape index (κ1) is 15.9. The predicted octanol–water partition coefficient (Wildman–Crippen LogP) is 0.340. The van der Waals surface area contributed by atoms with Crippen LogP contribution in [0.1, 0.15) is 34.6 Å². The van der Waals surface area contributed by atoms with Gasteiger partial charge in [-0.2, -0.15) is 0 Å². The first-order chi connectivity index (χ1) is 8.23. The molecule has 0 saturated carbocycles. The topological polar surface area (TPSA) is 50.2 Å². The second-order valence-corrected chi connectivity index (χ2v) is 6.46. The van der Waals surface area contributed by atoms with Crippen LogP contribution in [-0.4, -0.2) is 75.8 Å². The Morgan fingerprint density at radius 2 is 1.22 bits per heavy atom. The average Bonchev–Trinajstić information content (AvgIpc) is 2.29. The summed E-state index contributed by atoms with van der Waals surface area (Å²) >= 11 is 0. The predicted molar refractivity (Wildman–Crippen MR) is 73.0 cm³/mol. The van der Waals surface area contributed by atoms with Crippen LogP contribution in [-0.2, 0) is 0 Å².